The molecule has 10 heteroatoms. The Morgan fingerprint density at radius 3 is 1.56 bits per heavy atom. The summed E-state index contributed by atoms with van der Waals surface area (Å²) >= 11 is 0. The number of benzene rings is 1. The molecule has 0 bridgehead atoms. The highest BCUT2D eigenvalue weighted by atomic mass is 19.4. The summed E-state index contributed by atoms with van der Waals surface area (Å²) in [7, 11) is -3.30. The molecule has 3 nitrogen and oxygen atoms in total. The predicted molar refractivity (Wildman–Crippen MR) is 42.8 cm³/mol. The van der Waals surface area contributed by atoms with Gasteiger partial charge in [-0.15, -0.1) is 0 Å². The van der Waals surface area contributed by atoms with Crippen molar-refractivity contribution in [1.29, 1.82) is 0 Å². The van der Waals surface area contributed by atoms with Gasteiger partial charge in [0.1, 0.15) is 13.1 Å². The van der Waals surface area contributed by atoms with E-state index in [1.165, 1.54) is 0 Å². The van der Waals surface area contributed by atoms with Crippen LogP contribution in [0.3, 0.4) is 0 Å². The average molecular weight is 272 g/mol. The third kappa shape index (κ3) is 3.29. The SMILES string of the molecule is [O-]B([O-])Oc1c(C(F)(F)F)cccc1C(F)(F)F. The van der Waals surface area contributed by atoms with Crippen molar-refractivity contribution in [3.05, 3.63) is 29.3 Å². The van der Waals surface area contributed by atoms with Crippen LogP contribution < -0.4 is 14.7 Å². The van der Waals surface area contributed by atoms with Crippen molar-refractivity contribution in [3.8, 4) is 5.75 Å². The Hall–Kier alpha value is -1.42. The first-order chi connectivity index (χ1) is 8.03. The van der Waals surface area contributed by atoms with E-state index in [4.69, 9.17) is 0 Å². The summed E-state index contributed by atoms with van der Waals surface area (Å²) in [4.78, 5) is 0. The predicted octanol–water partition coefficient (Wildman–Crippen LogP) is 0.808. The summed E-state index contributed by atoms with van der Waals surface area (Å²) < 4.78 is 78.1. The molecule has 0 aliphatic heterocycles. The van der Waals surface area contributed by atoms with Gasteiger partial charge in [-0.25, -0.2) is 0 Å². The Morgan fingerprint density at radius 2 is 1.28 bits per heavy atom. The highest BCUT2D eigenvalue weighted by molar-refractivity contribution is 6.29. The largest absolute Gasteiger partial charge is 0.860 e. The van der Waals surface area contributed by atoms with Crippen molar-refractivity contribution in [2.75, 3.05) is 0 Å². The maximum absolute atomic E-state index is 12.4. The Balaban J connectivity index is 3.45. The minimum absolute atomic E-state index is 0.285. The van der Waals surface area contributed by atoms with E-state index < -0.39 is 36.6 Å². The lowest BCUT2D eigenvalue weighted by atomic mass is 10.1. The summed E-state index contributed by atoms with van der Waals surface area (Å²) in [6.45, 7) is 0. The van der Waals surface area contributed by atoms with Crippen LogP contribution in [0.15, 0.2) is 18.2 Å². The minimum atomic E-state index is -5.18. The zero-order chi connectivity index (χ0) is 14.1. The van der Waals surface area contributed by atoms with Crippen LogP contribution in [0.25, 0.3) is 0 Å². The van der Waals surface area contributed by atoms with Gasteiger partial charge in [-0.05, 0) is 12.1 Å². The van der Waals surface area contributed by atoms with Crippen molar-refractivity contribution in [2.45, 2.75) is 12.4 Å². The number of alkyl halides is 6. The molecule has 0 aliphatic carbocycles. The maximum Gasteiger partial charge on any atom is 0.419 e. The number of hydrogen-bond acceptors (Lipinski definition) is 3. The van der Waals surface area contributed by atoms with E-state index in [1.54, 1.807) is 0 Å². The van der Waals surface area contributed by atoms with E-state index in [-0.39, 0.29) is 12.1 Å². The minimum Gasteiger partial charge on any atom is -0.860 e. The lowest BCUT2D eigenvalue weighted by molar-refractivity contribution is -0.372. The van der Waals surface area contributed by atoms with Crippen LogP contribution in [-0.2, 0) is 12.4 Å². The van der Waals surface area contributed by atoms with Crippen LogP contribution in [0, 0.1) is 0 Å². The van der Waals surface area contributed by atoms with Gasteiger partial charge in [0.25, 0.3) is 0 Å². The second-order valence-electron chi connectivity index (χ2n) is 3.08. The number of rotatable bonds is 2. The van der Waals surface area contributed by atoms with E-state index >= 15 is 0 Å². The van der Waals surface area contributed by atoms with Gasteiger partial charge in [0, 0.05) is 0 Å². The smallest absolute Gasteiger partial charge is 0.419 e. The number of halogens is 6. The third-order valence-corrected chi connectivity index (χ3v) is 1.84. The molecule has 18 heavy (non-hydrogen) atoms. The summed E-state index contributed by atoms with van der Waals surface area (Å²) in [5.41, 5.74) is -3.65. The van der Waals surface area contributed by atoms with Gasteiger partial charge in [-0.1, -0.05) is 6.07 Å². The van der Waals surface area contributed by atoms with E-state index in [1.807, 2.05) is 0 Å². The molecule has 0 saturated heterocycles. The normalized spacial score (nSPS) is 12.4. The molecule has 0 heterocycles. The van der Waals surface area contributed by atoms with Gasteiger partial charge in [0.15, 0.2) is 0 Å². The molecule has 0 spiro atoms. The quantitative estimate of drug-likeness (QED) is 0.591. The zero-order valence-corrected chi connectivity index (χ0v) is 8.30. The van der Waals surface area contributed by atoms with E-state index in [0.717, 1.165) is 0 Å². The monoisotopic (exact) mass is 272 g/mol. The molecule has 100 valence electrons. The Labute approximate surface area is 96.8 Å². The van der Waals surface area contributed by atoms with Gasteiger partial charge in [0.2, 0.25) is 0 Å². The molecule has 0 amide bonds. The summed E-state index contributed by atoms with van der Waals surface area (Å²) in [5.74, 6) is -1.80. The lowest BCUT2D eigenvalue weighted by Crippen LogP contribution is -2.51. The Bertz CT molecular complexity index is 396. The van der Waals surface area contributed by atoms with Crippen molar-refractivity contribution >= 4 is 7.32 Å². The molecule has 1 rings (SSSR count). The molecule has 0 radical (unpaired) electrons. The maximum atomic E-state index is 12.4. The van der Waals surface area contributed by atoms with Gasteiger partial charge in [-0.3, -0.25) is 0 Å². The molecule has 0 aliphatic rings. The van der Waals surface area contributed by atoms with Crippen LogP contribution in [0.1, 0.15) is 11.1 Å². The van der Waals surface area contributed by atoms with Crippen molar-refractivity contribution in [1.82, 2.24) is 0 Å². The van der Waals surface area contributed by atoms with Gasteiger partial charge >= 0.3 is 12.4 Å². The fourth-order valence-electron chi connectivity index (χ4n) is 1.21. The zero-order valence-electron chi connectivity index (χ0n) is 8.30. The first kappa shape index (κ1) is 14.6. The lowest BCUT2D eigenvalue weighted by Gasteiger charge is -2.30. The second-order valence-corrected chi connectivity index (χ2v) is 3.08. The number of hydrogen-bond donors (Lipinski definition) is 0. The van der Waals surface area contributed by atoms with Gasteiger partial charge in [-0.2, -0.15) is 26.3 Å². The fourth-order valence-corrected chi connectivity index (χ4v) is 1.21. The first-order valence-corrected chi connectivity index (χ1v) is 4.29. The average Bonchev–Trinajstić information content (AvgIpc) is 2.13. The molecule has 0 atom stereocenters. The summed E-state index contributed by atoms with van der Waals surface area (Å²) in [5, 5.41) is 20.3. The van der Waals surface area contributed by atoms with Crippen molar-refractivity contribution in [2.24, 2.45) is 0 Å². The fraction of sp³-hybridized carbons (Fsp3) is 0.250. The third-order valence-electron chi connectivity index (χ3n) is 1.84. The first-order valence-electron chi connectivity index (χ1n) is 4.29. The second kappa shape index (κ2) is 4.69. The molecular weight excluding hydrogens is 269 g/mol. The van der Waals surface area contributed by atoms with Crippen molar-refractivity contribution < 1.29 is 41.0 Å². The molecule has 0 aromatic heterocycles. The van der Waals surface area contributed by atoms with E-state index in [2.05, 4.69) is 4.65 Å². The van der Waals surface area contributed by atoms with Gasteiger partial charge < -0.3 is 14.7 Å². The molecule has 0 saturated carbocycles. The molecular formula is C8H3BF6O3-2. The van der Waals surface area contributed by atoms with Gasteiger partial charge in [0.05, 0.1) is 11.1 Å². The Morgan fingerprint density at radius 1 is 0.889 bits per heavy atom. The number of para-hydroxylation sites is 1. The molecule has 1 aromatic rings. The topological polar surface area (TPSA) is 55.3 Å². The van der Waals surface area contributed by atoms with Crippen molar-refractivity contribution in [3.63, 3.8) is 0 Å². The van der Waals surface area contributed by atoms with E-state index in [9.17, 15) is 36.4 Å². The molecule has 0 N–H and O–H groups in total. The standard InChI is InChI=1S/C8H3BF6O3/c10-7(11,12)4-2-1-3-5(8(13,14)15)6(4)18-9(16)17/h1-3H/q-2. The van der Waals surface area contributed by atoms with E-state index in [0.29, 0.717) is 6.07 Å². The highest BCUT2D eigenvalue weighted by Crippen LogP contribution is 2.43. The van der Waals surface area contributed by atoms with Crippen LogP contribution >= 0.6 is 0 Å². The summed E-state index contributed by atoms with van der Waals surface area (Å²) in [6, 6.07) is 1.07. The molecule has 1 aromatic carbocycles. The van der Waals surface area contributed by atoms with Crippen LogP contribution in [0.5, 0.6) is 5.75 Å². The molecule has 0 fully saturated rings. The Kier molecular flexibility index (Phi) is 3.82. The van der Waals surface area contributed by atoms with Crippen LogP contribution in [0.4, 0.5) is 26.3 Å². The van der Waals surface area contributed by atoms with Crippen LogP contribution in [0.2, 0.25) is 0 Å². The highest BCUT2D eigenvalue weighted by Gasteiger charge is 2.41. The molecule has 0 unspecified atom stereocenters. The summed E-state index contributed by atoms with van der Waals surface area (Å²) in [6.07, 6.45) is -10.4. The van der Waals surface area contributed by atoms with Crippen LogP contribution in [-0.4, -0.2) is 7.32 Å².